The number of hydrogen-bond donors (Lipinski definition) is 0. The third-order valence-electron chi connectivity index (χ3n) is 2.56. The molecule has 0 spiro atoms. The zero-order valence-corrected chi connectivity index (χ0v) is 12.8. The number of esters is 2. The highest BCUT2D eigenvalue weighted by atomic mass is 79.9. The normalized spacial score (nSPS) is 11.6. The lowest BCUT2D eigenvalue weighted by Crippen LogP contribution is -2.42. The van der Waals surface area contributed by atoms with Crippen LogP contribution in [-0.4, -0.2) is 30.5 Å². The maximum Gasteiger partial charge on any atom is 0.323 e. The highest BCUT2D eigenvalue weighted by Gasteiger charge is 2.47. The van der Waals surface area contributed by atoms with E-state index in [0.717, 1.165) is 0 Å². The third-order valence-corrected chi connectivity index (χ3v) is 2.95. The van der Waals surface area contributed by atoms with E-state index in [4.69, 9.17) is 9.47 Å². The molecule has 0 saturated heterocycles. The fourth-order valence-electron chi connectivity index (χ4n) is 1.58. The van der Waals surface area contributed by atoms with Gasteiger partial charge in [-0.1, -0.05) is 28.1 Å². The second kappa shape index (κ2) is 9.14. The zero-order valence-electron chi connectivity index (χ0n) is 11.2. The van der Waals surface area contributed by atoms with Crippen LogP contribution >= 0.6 is 15.9 Å². The van der Waals surface area contributed by atoms with E-state index >= 15 is 0 Å². The minimum atomic E-state index is -1.23. The smallest absolute Gasteiger partial charge is 0.323 e. The molecular weight excluding hydrogens is 300 g/mol. The number of ether oxygens (including phenoxy) is 2. The van der Waals surface area contributed by atoms with Gasteiger partial charge in [0.05, 0.1) is 13.2 Å². The van der Waals surface area contributed by atoms with E-state index in [1.807, 2.05) is 6.92 Å². The minimum Gasteiger partial charge on any atom is -0.465 e. The first-order chi connectivity index (χ1) is 8.58. The molecule has 5 heteroatoms. The van der Waals surface area contributed by atoms with Crippen LogP contribution in [0, 0.1) is 5.41 Å². The van der Waals surface area contributed by atoms with Crippen molar-refractivity contribution in [2.45, 2.75) is 33.6 Å². The van der Waals surface area contributed by atoms with Crippen LogP contribution in [0.25, 0.3) is 0 Å². The minimum absolute atomic E-state index is 0.248. The molecule has 0 unspecified atom stereocenters. The number of allylic oxidation sites excluding steroid dienone is 2. The van der Waals surface area contributed by atoms with E-state index in [-0.39, 0.29) is 13.2 Å². The molecule has 0 bridgehead atoms. The SMILES string of the molecule is C/C=C/CC(CCBr)(C(=O)OCC)C(=O)OCC. The van der Waals surface area contributed by atoms with E-state index in [1.165, 1.54) is 0 Å². The lowest BCUT2D eigenvalue weighted by atomic mass is 9.81. The number of halogens is 1. The Hall–Kier alpha value is -0.840. The van der Waals surface area contributed by atoms with Crippen LogP contribution in [-0.2, 0) is 19.1 Å². The van der Waals surface area contributed by atoms with Crippen LogP contribution in [0.2, 0.25) is 0 Å². The number of alkyl halides is 1. The Morgan fingerprint density at radius 3 is 2.00 bits per heavy atom. The fraction of sp³-hybridized carbons (Fsp3) is 0.692. The summed E-state index contributed by atoms with van der Waals surface area (Å²) in [6, 6.07) is 0. The highest BCUT2D eigenvalue weighted by Crippen LogP contribution is 2.32. The van der Waals surface area contributed by atoms with E-state index in [1.54, 1.807) is 26.0 Å². The van der Waals surface area contributed by atoms with Gasteiger partial charge in [-0.3, -0.25) is 9.59 Å². The van der Waals surface area contributed by atoms with Gasteiger partial charge in [0.1, 0.15) is 0 Å². The summed E-state index contributed by atoms with van der Waals surface area (Å²) < 4.78 is 10.1. The molecule has 0 rings (SSSR count). The molecule has 0 aliphatic rings. The number of carbonyl (C=O) groups excluding carboxylic acids is 2. The molecule has 0 saturated carbocycles. The Morgan fingerprint density at radius 2 is 1.67 bits per heavy atom. The zero-order chi connectivity index (χ0) is 14.0. The summed E-state index contributed by atoms with van der Waals surface area (Å²) in [5.41, 5.74) is -1.23. The lowest BCUT2D eigenvalue weighted by molar-refractivity contribution is -0.172. The molecule has 0 aromatic carbocycles. The van der Waals surface area contributed by atoms with Crippen molar-refractivity contribution < 1.29 is 19.1 Å². The Bertz CT molecular complexity index is 281. The third kappa shape index (κ3) is 4.44. The van der Waals surface area contributed by atoms with Crippen LogP contribution in [0.5, 0.6) is 0 Å². The second-order valence-corrected chi connectivity index (χ2v) is 4.53. The van der Waals surface area contributed by atoms with Gasteiger partial charge in [-0.15, -0.1) is 0 Å². The molecule has 18 heavy (non-hydrogen) atoms. The largest absolute Gasteiger partial charge is 0.465 e. The molecule has 0 aliphatic heterocycles. The van der Waals surface area contributed by atoms with Crippen molar-refractivity contribution in [2.24, 2.45) is 5.41 Å². The van der Waals surface area contributed by atoms with Gasteiger partial charge in [0, 0.05) is 5.33 Å². The Morgan fingerprint density at radius 1 is 1.17 bits per heavy atom. The van der Waals surface area contributed by atoms with Crippen molar-refractivity contribution >= 4 is 27.9 Å². The molecule has 4 nitrogen and oxygen atoms in total. The van der Waals surface area contributed by atoms with Crippen molar-refractivity contribution in [1.82, 2.24) is 0 Å². The van der Waals surface area contributed by atoms with Gasteiger partial charge in [-0.05, 0) is 33.6 Å². The van der Waals surface area contributed by atoms with Crippen molar-refractivity contribution in [3.05, 3.63) is 12.2 Å². The molecular formula is C13H21BrO4. The molecule has 0 aromatic heterocycles. The van der Waals surface area contributed by atoms with Gasteiger partial charge in [0.25, 0.3) is 0 Å². The van der Waals surface area contributed by atoms with E-state index in [9.17, 15) is 9.59 Å². The second-order valence-electron chi connectivity index (χ2n) is 3.74. The predicted molar refractivity (Wildman–Crippen MR) is 73.5 cm³/mol. The molecule has 0 radical (unpaired) electrons. The van der Waals surface area contributed by atoms with E-state index in [0.29, 0.717) is 18.2 Å². The van der Waals surface area contributed by atoms with Crippen LogP contribution in [0.3, 0.4) is 0 Å². The lowest BCUT2D eigenvalue weighted by Gasteiger charge is -2.27. The monoisotopic (exact) mass is 320 g/mol. The Kier molecular flexibility index (Phi) is 8.71. The topological polar surface area (TPSA) is 52.6 Å². The van der Waals surface area contributed by atoms with Crippen LogP contribution in [0.15, 0.2) is 12.2 Å². The van der Waals surface area contributed by atoms with Crippen molar-refractivity contribution in [2.75, 3.05) is 18.5 Å². The van der Waals surface area contributed by atoms with Gasteiger partial charge in [-0.2, -0.15) is 0 Å². The van der Waals surface area contributed by atoms with Gasteiger partial charge < -0.3 is 9.47 Å². The standard InChI is InChI=1S/C13H21BrO4/c1-4-7-8-13(9-10-14,11(15)17-5-2)12(16)18-6-3/h4,7H,5-6,8-10H2,1-3H3/b7-4+. The average molecular weight is 321 g/mol. The number of hydrogen-bond acceptors (Lipinski definition) is 4. The summed E-state index contributed by atoms with van der Waals surface area (Å²) in [5.74, 6) is -1.03. The first-order valence-corrected chi connectivity index (χ1v) is 7.22. The molecule has 0 aliphatic carbocycles. The Labute approximate surface area is 117 Å². The summed E-state index contributed by atoms with van der Waals surface area (Å²) in [6.45, 7) is 5.78. The predicted octanol–water partition coefficient (Wildman–Crippen LogP) is 2.85. The summed E-state index contributed by atoms with van der Waals surface area (Å²) >= 11 is 3.28. The summed E-state index contributed by atoms with van der Waals surface area (Å²) in [7, 11) is 0. The molecule has 104 valence electrons. The molecule has 0 fully saturated rings. The highest BCUT2D eigenvalue weighted by molar-refractivity contribution is 9.09. The molecule has 0 N–H and O–H groups in total. The van der Waals surface area contributed by atoms with Crippen molar-refractivity contribution in [3.63, 3.8) is 0 Å². The number of rotatable bonds is 8. The van der Waals surface area contributed by atoms with Crippen LogP contribution < -0.4 is 0 Å². The number of carbonyl (C=O) groups is 2. The first-order valence-electron chi connectivity index (χ1n) is 6.10. The quantitative estimate of drug-likeness (QED) is 0.299. The van der Waals surface area contributed by atoms with Crippen LogP contribution in [0.4, 0.5) is 0 Å². The van der Waals surface area contributed by atoms with E-state index in [2.05, 4.69) is 15.9 Å². The summed E-state index contributed by atoms with van der Waals surface area (Å²) in [5, 5.41) is 0.530. The van der Waals surface area contributed by atoms with Gasteiger partial charge in [0.15, 0.2) is 5.41 Å². The molecule has 0 amide bonds. The van der Waals surface area contributed by atoms with E-state index < -0.39 is 17.4 Å². The first kappa shape index (κ1) is 17.2. The average Bonchev–Trinajstić information content (AvgIpc) is 2.35. The maximum atomic E-state index is 12.1. The van der Waals surface area contributed by atoms with Gasteiger partial charge >= 0.3 is 11.9 Å². The van der Waals surface area contributed by atoms with Gasteiger partial charge in [0.2, 0.25) is 0 Å². The summed E-state index contributed by atoms with van der Waals surface area (Å²) in [4.78, 5) is 24.2. The molecule has 0 atom stereocenters. The summed E-state index contributed by atoms with van der Waals surface area (Å²) in [6.07, 6.45) is 4.25. The van der Waals surface area contributed by atoms with Crippen molar-refractivity contribution in [3.8, 4) is 0 Å². The molecule has 0 heterocycles. The van der Waals surface area contributed by atoms with Gasteiger partial charge in [-0.25, -0.2) is 0 Å². The fourth-order valence-corrected chi connectivity index (χ4v) is 2.25. The van der Waals surface area contributed by atoms with Crippen LogP contribution in [0.1, 0.15) is 33.6 Å². The molecule has 0 aromatic rings. The Balaban J connectivity index is 5.25. The van der Waals surface area contributed by atoms with Crippen molar-refractivity contribution in [1.29, 1.82) is 0 Å². The maximum absolute atomic E-state index is 12.1.